The third-order valence-electron chi connectivity index (χ3n) is 4.08. The van der Waals surface area contributed by atoms with E-state index in [4.69, 9.17) is 17.0 Å². The highest BCUT2D eigenvalue weighted by Crippen LogP contribution is 2.40. The Morgan fingerprint density at radius 1 is 1.24 bits per heavy atom. The van der Waals surface area contributed by atoms with Crippen molar-refractivity contribution in [1.29, 1.82) is 0 Å². The van der Waals surface area contributed by atoms with Crippen LogP contribution >= 0.6 is 23.6 Å². The molecule has 2 aromatic rings. The third-order valence-corrected chi connectivity index (χ3v) is 5.32. The topological polar surface area (TPSA) is 50.4 Å². The molecule has 0 spiro atoms. The van der Waals surface area contributed by atoms with Crippen LogP contribution in [0.3, 0.4) is 0 Å². The van der Waals surface area contributed by atoms with E-state index in [1.807, 2.05) is 37.3 Å². The first kappa shape index (κ1) is 19.4. The van der Waals surface area contributed by atoms with Crippen molar-refractivity contribution >= 4 is 39.6 Å². The number of thiophene rings is 1. The average Bonchev–Trinajstić information content (AvgIpc) is 2.95. The van der Waals surface area contributed by atoms with Gasteiger partial charge in [-0.15, -0.1) is 11.3 Å². The zero-order valence-corrected chi connectivity index (χ0v) is 16.6. The first-order chi connectivity index (χ1) is 12.0. The molecule has 2 rings (SSSR count). The number of rotatable bonds is 6. The van der Waals surface area contributed by atoms with Gasteiger partial charge in [0.05, 0.1) is 7.11 Å². The molecule has 0 aliphatic rings. The van der Waals surface area contributed by atoms with Gasteiger partial charge in [0.25, 0.3) is 0 Å². The van der Waals surface area contributed by atoms with Crippen LogP contribution in [0.1, 0.15) is 41.9 Å². The summed E-state index contributed by atoms with van der Waals surface area (Å²) in [5, 5.41) is 7.73. The predicted molar refractivity (Wildman–Crippen MR) is 110 cm³/mol. The van der Waals surface area contributed by atoms with Crippen LogP contribution in [0.15, 0.2) is 30.3 Å². The van der Waals surface area contributed by atoms with Crippen LogP contribution in [0.4, 0.5) is 5.00 Å². The second-order valence-corrected chi connectivity index (χ2v) is 7.34. The average molecular weight is 377 g/mol. The van der Waals surface area contributed by atoms with Crippen molar-refractivity contribution in [3.05, 3.63) is 40.8 Å². The predicted octanol–water partition coefficient (Wildman–Crippen LogP) is 4.99. The lowest BCUT2D eigenvalue weighted by molar-refractivity contribution is 0.0603. The molecular weight excluding hydrogens is 352 g/mol. The second-order valence-electron chi connectivity index (χ2n) is 5.71. The van der Waals surface area contributed by atoms with E-state index in [-0.39, 0.29) is 5.97 Å². The molecule has 0 atom stereocenters. The Hall–Kier alpha value is -1.92. The van der Waals surface area contributed by atoms with Gasteiger partial charge in [-0.2, -0.15) is 0 Å². The maximum absolute atomic E-state index is 12.4. The van der Waals surface area contributed by atoms with Crippen molar-refractivity contribution in [2.75, 3.05) is 12.4 Å². The minimum absolute atomic E-state index is 0.316. The standard InChI is InChI=1S/C19H24N2O2S2/c1-5-14(6-2)20-19(24)21-17-16(18(22)23-4)15(12(3)25-17)13-10-8-7-9-11-13/h7-11,14H,5-6H2,1-4H3,(H2,20,21,24). The van der Waals surface area contributed by atoms with Crippen LogP contribution < -0.4 is 10.6 Å². The summed E-state index contributed by atoms with van der Waals surface area (Å²) >= 11 is 6.94. The van der Waals surface area contributed by atoms with E-state index in [0.29, 0.717) is 21.7 Å². The smallest absolute Gasteiger partial charge is 0.341 e. The van der Waals surface area contributed by atoms with Gasteiger partial charge in [-0.1, -0.05) is 44.2 Å². The fourth-order valence-electron chi connectivity index (χ4n) is 2.70. The number of hydrogen-bond acceptors (Lipinski definition) is 4. The Morgan fingerprint density at radius 2 is 1.88 bits per heavy atom. The van der Waals surface area contributed by atoms with Crippen molar-refractivity contribution in [1.82, 2.24) is 5.32 Å². The fourth-order valence-corrected chi connectivity index (χ4v) is 4.10. The van der Waals surface area contributed by atoms with Crippen LogP contribution in [0, 0.1) is 6.92 Å². The number of esters is 1. The minimum atomic E-state index is -0.365. The van der Waals surface area contributed by atoms with Gasteiger partial charge in [-0.05, 0) is 37.5 Å². The molecule has 0 aliphatic heterocycles. The highest BCUT2D eigenvalue weighted by Gasteiger charge is 2.24. The first-order valence-corrected chi connectivity index (χ1v) is 9.58. The molecule has 6 heteroatoms. The molecule has 2 N–H and O–H groups in total. The monoisotopic (exact) mass is 376 g/mol. The van der Waals surface area contributed by atoms with Crippen molar-refractivity contribution in [2.45, 2.75) is 39.7 Å². The minimum Gasteiger partial charge on any atom is -0.465 e. The second kappa shape index (κ2) is 8.97. The number of thiocarbonyl (C=S) groups is 1. The Kier molecular flexibility index (Phi) is 6.96. The third kappa shape index (κ3) is 4.58. The highest BCUT2D eigenvalue weighted by atomic mass is 32.1. The number of benzene rings is 1. The number of anilines is 1. The van der Waals surface area contributed by atoms with E-state index < -0.39 is 0 Å². The molecule has 0 unspecified atom stereocenters. The maximum Gasteiger partial charge on any atom is 0.341 e. The van der Waals surface area contributed by atoms with Gasteiger partial charge in [0.15, 0.2) is 5.11 Å². The summed E-state index contributed by atoms with van der Waals surface area (Å²) in [6.45, 7) is 6.24. The van der Waals surface area contributed by atoms with E-state index in [9.17, 15) is 4.79 Å². The SMILES string of the molecule is CCC(CC)NC(=S)Nc1sc(C)c(-c2ccccc2)c1C(=O)OC. The van der Waals surface area contributed by atoms with Crippen LogP contribution in [0.5, 0.6) is 0 Å². The Labute approximate surface area is 158 Å². The van der Waals surface area contributed by atoms with Crippen molar-refractivity contribution in [3.63, 3.8) is 0 Å². The van der Waals surface area contributed by atoms with Crippen molar-refractivity contribution in [3.8, 4) is 11.1 Å². The number of methoxy groups -OCH3 is 1. The van der Waals surface area contributed by atoms with E-state index in [2.05, 4.69) is 24.5 Å². The summed E-state index contributed by atoms with van der Waals surface area (Å²) in [4.78, 5) is 13.5. The number of nitrogens with one attached hydrogen (secondary N) is 2. The summed E-state index contributed by atoms with van der Waals surface area (Å²) < 4.78 is 5.02. The highest BCUT2D eigenvalue weighted by molar-refractivity contribution is 7.80. The zero-order chi connectivity index (χ0) is 18.4. The summed E-state index contributed by atoms with van der Waals surface area (Å²) in [6, 6.07) is 10.2. The molecular formula is C19H24N2O2S2. The van der Waals surface area contributed by atoms with E-state index in [1.165, 1.54) is 18.4 Å². The molecule has 0 amide bonds. The Balaban J connectivity index is 2.39. The summed E-state index contributed by atoms with van der Waals surface area (Å²) in [5.74, 6) is -0.365. The molecule has 4 nitrogen and oxygen atoms in total. The molecule has 0 radical (unpaired) electrons. The van der Waals surface area contributed by atoms with Crippen molar-refractivity contribution in [2.24, 2.45) is 0 Å². The normalized spacial score (nSPS) is 10.6. The molecule has 0 saturated carbocycles. The van der Waals surface area contributed by atoms with Crippen LogP contribution in [0.25, 0.3) is 11.1 Å². The van der Waals surface area contributed by atoms with Gasteiger partial charge in [0.2, 0.25) is 0 Å². The molecule has 1 heterocycles. The number of aryl methyl sites for hydroxylation is 1. The largest absolute Gasteiger partial charge is 0.465 e. The van der Waals surface area contributed by atoms with E-state index in [1.54, 1.807) is 0 Å². The summed E-state index contributed by atoms with van der Waals surface area (Å²) in [7, 11) is 1.40. The quantitative estimate of drug-likeness (QED) is 0.550. The molecule has 1 aromatic heterocycles. The molecule has 134 valence electrons. The molecule has 0 bridgehead atoms. The van der Waals surface area contributed by atoms with Gasteiger partial charge in [0, 0.05) is 16.5 Å². The molecule has 25 heavy (non-hydrogen) atoms. The van der Waals surface area contributed by atoms with Gasteiger partial charge >= 0.3 is 5.97 Å². The van der Waals surface area contributed by atoms with Crippen molar-refractivity contribution < 1.29 is 9.53 Å². The summed E-state index contributed by atoms with van der Waals surface area (Å²) in [5.41, 5.74) is 2.42. The molecule has 0 saturated heterocycles. The Bertz CT molecular complexity index is 737. The number of ether oxygens (including phenoxy) is 1. The molecule has 0 fully saturated rings. The van der Waals surface area contributed by atoms with E-state index >= 15 is 0 Å². The first-order valence-electron chi connectivity index (χ1n) is 8.36. The van der Waals surface area contributed by atoms with Gasteiger partial charge in [0.1, 0.15) is 10.6 Å². The lowest BCUT2D eigenvalue weighted by Crippen LogP contribution is -2.37. The van der Waals surface area contributed by atoms with Crippen LogP contribution in [-0.4, -0.2) is 24.2 Å². The number of carbonyl (C=O) groups excluding carboxylic acids is 1. The number of hydrogen-bond donors (Lipinski definition) is 2. The van der Waals surface area contributed by atoms with Gasteiger partial charge in [-0.25, -0.2) is 4.79 Å². The van der Waals surface area contributed by atoms with E-state index in [0.717, 1.165) is 28.8 Å². The van der Waals surface area contributed by atoms with Crippen LogP contribution in [0.2, 0.25) is 0 Å². The zero-order valence-electron chi connectivity index (χ0n) is 15.0. The van der Waals surface area contributed by atoms with Gasteiger partial charge in [-0.3, -0.25) is 0 Å². The fraction of sp³-hybridized carbons (Fsp3) is 0.368. The number of carbonyl (C=O) groups is 1. The van der Waals surface area contributed by atoms with Gasteiger partial charge < -0.3 is 15.4 Å². The molecule has 1 aromatic carbocycles. The lowest BCUT2D eigenvalue weighted by atomic mass is 10.0. The lowest BCUT2D eigenvalue weighted by Gasteiger charge is -2.17. The summed E-state index contributed by atoms with van der Waals surface area (Å²) in [6.07, 6.45) is 1.97. The molecule has 0 aliphatic carbocycles. The maximum atomic E-state index is 12.4. The Morgan fingerprint density at radius 3 is 2.44 bits per heavy atom. The van der Waals surface area contributed by atoms with Crippen LogP contribution in [-0.2, 0) is 4.74 Å².